The van der Waals surface area contributed by atoms with E-state index in [1.807, 2.05) is 18.2 Å². The molecule has 2 nitrogen and oxygen atoms in total. The van der Waals surface area contributed by atoms with Gasteiger partial charge in [-0.15, -0.1) is 0 Å². The van der Waals surface area contributed by atoms with Crippen molar-refractivity contribution in [3.05, 3.63) is 29.8 Å². The molecule has 0 atom stereocenters. The summed E-state index contributed by atoms with van der Waals surface area (Å²) in [5.41, 5.74) is 1.16. The molecule has 0 bridgehead atoms. The maximum absolute atomic E-state index is 9.33. The van der Waals surface area contributed by atoms with Crippen LogP contribution in [0.3, 0.4) is 0 Å². The zero-order valence-corrected chi connectivity index (χ0v) is 10.5. The molecule has 1 aliphatic rings. The highest BCUT2D eigenvalue weighted by Gasteiger charge is 2.13. The molecule has 1 saturated carbocycles. The number of hydrogen-bond acceptors (Lipinski definition) is 2. The molecule has 0 amide bonds. The Bertz CT molecular complexity index is 331. The van der Waals surface area contributed by atoms with Crippen molar-refractivity contribution in [1.29, 1.82) is 0 Å². The van der Waals surface area contributed by atoms with E-state index in [4.69, 9.17) is 0 Å². The van der Waals surface area contributed by atoms with Gasteiger partial charge in [-0.25, -0.2) is 0 Å². The van der Waals surface area contributed by atoms with Gasteiger partial charge in [0.25, 0.3) is 0 Å². The van der Waals surface area contributed by atoms with Gasteiger partial charge in [-0.1, -0.05) is 37.8 Å². The zero-order chi connectivity index (χ0) is 11.9. The average Bonchev–Trinajstić information content (AvgIpc) is 2.82. The second-order valence-corrected chi connectivity index (χ2v) is 5.14. The molecular formula is C15H23NO. The number of phenolic OH excluding ortho intramolecular Hbond substituents is 1. The van der Waals surface area contributed by atoms with E-state index in [0.29, 0.717) is 5.75 Å². The van der Waals surface area contributed by atoms with Crippen molar-refractivity contribution >= 4 is 0 Å². The second kappa shape index (κ2) is 6.65. The fourth-order valence-electron chi connectivity index (χ4n) is 2.71. The number of aromatic hydroxyl groups is 1. The van der Waals surface area contributed by atoms with Crippen LogP contribution in [0.2, 0.25) is 0 Å². The lowest BCUT2D eigenvalue weighted by Crippen LogP contribution is -2.15. The van der Waals surface area contributed by atoms with Crippen molar-refractivity contribution in [2.75, 3.05) is 6.54 Å². The van der Waals surface area contributed by atoms with Crippen LogP contribution in [0.25, 0.3) is 0 Å². The number of nitrogens with one attached hydrogen (secondary N) is 1. The Morgan fingerprint density at radius 1 is 1.24 bits per heavy atom. The molecule has 0 unspecified atom stereocenters. The molecule has 17 heavy (non-hydrogen) atoms. The Balaban J connectivity index is 1.56. The summed E-state index contributed by atoms with van der Waals surface area (Å²) in [6.45, 7) is 1.95. The number of hydrogen-bond donors (Lipinski definition) is 2. The van der Waals surface area contributed by atoms with Crippen LogP contribution in [0, 0.1) is 5.92 Å². The monoisotopic (exact) mass is 233 g/mol. The molecule has 0 spiro atoms. The highest BCUT2D eigenvalue weighted by atomic mass is 16.3. The van der Waals surface area contributed by atoms with E-state index in [1.165, 1.54) is 38.5 Å². The molecule has 1 aromatic carbocycles. The normalized spacial score (nSPS) is 16.5. The molecule has 2 heteroatoms. The molecule has 94 valence electrons. The van der Waals surface area contributed by atoms with Crippen molar-refractivity contribution in [1.82, 2.24) is 5.32 Å². The lowest BCUT2D eigenvalue weighted by atomic mass is 10.0. The van der Waals surface area contributed by atoms with Gasteiger partial charge in [-0.3, -0.25) is 0 Å². The van der Waals surface area contributed by atoms with Gasteiger partial charge in [0.05, 0.1) is 0 Å². The maximum Gasteiger partial charge on any atom is 0.115 e. The van der Waals surface area contributed by atoms with Gasteiger partial charge in [0.1, 0.15) is 5.75 Å². The van der Waals surface area contributed by atoms with E-state index in [1.54, 1.807) is 6.07 Å². The van der Waals surface area contributed by atoms with Gasteiger partial charge in [0.15, 0.2) is 0 Å². The third kappa shape index (κ3) is 4.39. The summed E-state index contributed by atoms with van der Waals surface area (Å²) in [5, 5.41) is 12.8. The Morgan fingerprint density at radius 3 is 2.82 bits per heavy atom. The standard InChI is InChI=1S/C15H23NO/c17-15-9-3-7-14(11-15)12-16-10-4-8-13-5-1-2-6-13/h3,7,9,11,13,16-17H,1-2,4-6,8,10,12H2. The minimum Gasteiger partial charge on any atom is -0.508 e. The Labute approximate surface area is 104 Å². The first-order valence-corrected chi connectivity index (χ1v) is 6.83. The largest absolute Gasteiger partial charge is 0.508 e. The predicted molar refractivity (Wildman–Crippen MR) is 71.0 cm³/mol. The van der Waals surface area contributed by atoms with E-state index in [9.17, 15) is 5.11 Å². The summed E-state index contributed by atoms with van der Waals surface area (Å²) >= 11 is 0. The fraction of sp³-hybridized carbons (Fsp3) is 0.600. The van der Waals surface area contributed by atoms with Crippen LogP contribution < -0.4 is 5.32 Å². The minimum atomic E-state index is 0.357. The first kappa shape index (κ1) is 12.4. The van der Waals surface area contributed by atoms with Gasteiger partial charge < -0.3 is 10.4 Å². The highest BCUT2D eigenvalue weighted by Crippen LogP contribution is 2.28. The first-order chi connectivity index (χ1) is 8.34. The number of benzene rings is 1. The van der Waals surface area contributed by atoms with E-state index >= 15 is 0 Å². The van der Waals surface area contributed by atoms with E-state index in [0.717, 1.165) is 24.6 Å². The van der Waals surface area contributed by atoms with Crippen LogP contribution in [0.5, 0.6) is 5.75 Å². The Morgan fingerprint density at radius 2 is 2.06 bits per heavy atom. The van der Waals surface area contributed by atoms with Crippen LogP contribution in [0.15, 0.2) is 24.3 Å². The lowest BCUT2D eigenvalue weighted by molar-refractivity contribution is 0.467. The van der Waals surface area contributed by atoms with Crippen LogP contribution in [0.1, 0.15) is 44.1 Å². The maximum atomic E-state index is 9.33. The van der Waals surface area contributed by atoms with Crippen LogP contribution >= 0.6 is 0 Å². The fourth-order valence-corrected chi connectivity index (χ4v) is 2.71. The van der Waals surface area contributed by atoms with E-state index in [2.05, 4.69) is 5.32 Å². The van der Waals surface area contributed by atoms with Crippen LogP contribution in [0.4, 0.5) is 0 Å². The quantitative estimate of drug-likeness (QED) is 0.738. The van der Waals surface area contributed by atoms with Gasteiger partial charge in [-0.05, 0) is 43.0 Å². The first-order valence-electron chi connectivity index (χ1n) is 6.83. The van der Waals surface area contributed by atoms with Gasteiger partial charge in [0, 0.05) is 6.54 Å². The van der Waals surface area contributed by atoms with Gasteiger partial charge in [0.2, 0.25) is 0 Å². The van der Waals surface area contributed by atoms with Crippen molar-refractivity contribution in [2.24, 2.45) is 5.92 Å². The molecule has 1 aromatic rings. The van der Waals surface area contributed by atoms with E-state index in [-0.39, 0.29) is 0 Å². The molecule has 2 rings (SSSR count). The summed E-state index contributed by atoms with van der Waals surface area (Å²) in [4.78, 5) is 0. The molecule has 2 N–H and O–H groups in total. The number of rotatable bonds is 6. The summed E-state index contributed by atoms with van der Waals surface area (Å²) in [6.07, 6.45) is 8.46. The minimum absolute atomic E-state index is 0.357. The van der Waals surface area contributed by atoms with Crippen molar-refractivity contribution in [2.45, 2.75) is 45.1 Å². The third-order valence-electron chi connectivity index (χ3n) is 3.68. The summed E-state index contributed by atoms with van der Waals surface area (Å²) in [6, 6.07) is 7.47. The molecular weight excluding hydrogens is 210 g/mol. The van der Waals surface area contributed by atoms with Crippen molar-refractivity contribution in [3.63, 3.8) is 0 Å². The smallest absolute Gasteiger partial charge is 0.115 e. The molecule has 0 radical (unpaired) electrons. The Kier molecular flexibility index (Phi) is 4.87. The molecule has 1 aliphatic carbocycles. The summed E-state index contributed by atoms with van der Waals surface area (Å²) in [5.74, 6) is 1.35. The predicted octanol–water partition coefficient (Wildman–Crippen LogP) is 3.45. The molecule has 0 aromatic heterocycles. The highest BCUT2D eigenvalue weighted by molar-refractivity contribution is 5.26. The average molecular weight is 233 g/mol. The van der Waals surface area contributed by atoms with Gasteiger partial charge in [-0.2, -0.15) is 0 Å². The summed E-state index contributed by atoms with van der Waals surface area (Å²) < 4.78 is 0. The third-order valence-corrected chi connectivity index (χ3v) is 3.68. The Hall–Kier alpha value is -1.02. The van der Waals surface area contributed by atoms with Crippen molar-refractivity contribution in [3.8, 4) is 5.75 Å². The van der Waals surface area contributed by atoms with Crippen LogP contribution in [-0.2, 0) is 6.54 Å². The second-order valence-electron chi connectivity index (χ2n) is 5.14. The summed E-state index contributed by atoms with van der Waals surface area (Å²) in [7, 11) is 0. The molecule has 0 saturated heterocycles. The topological polar surface area (TPSA) is 32.3 Å². The molecule has 0 aliphatic heterocycles. The van der Waals surface area contributed by atoms with Gasteiger partial charge >= 0.3 is 0 Å². The van der Waals surface area contributed by atoms with Crippen LogP contribution in [-0.4, -0.2) is 11.7 Å². The zero-order valence-electron chi connectivity index (χ0n) is 10.5. The van der Waals surface area contributed by atoms with Crippen molar-refractivity contribution < 1.29 is 5.11 Å². The SMILES string of the molecule is Oc1cccc(CNCCCC2CCCC2)c1. The molecule has 0 heterocycles. The molecule has 1 fully saturated rings. The number of phenols is 1. The van der Waals surface area contributed by atoms with E-state index < -0.39 is 0 Å². The lowest BCUT2D eigenvalue weighted by Gasteiger charge is -2.09.